The zero-order valence-corrected chi connectivity index (χ0v) is 11.6. The van der Waals surface area contributed by atoms with Gasteiger partial charge in [-0.05, 0) is 6.92 Å². The van der Waals surface area contributed by atoms with E-state index in [2.05, 4.69) is 16.5 Å². The molecule has 0 spiro atoms. The maximum absolute atomic E-state index is 9.01. The highest BCUT2D eigenvalue weighted by Gasteiger charge is 2.12. The fourth-order valence-electron chi connectivity index (χ4n) is 1.51. The van der Waals surface area contributed by atoms with E-state index in [1.54, 1.807) is 11.3 Å². The molecule has 1 aromatic heterocycles. The molecule has 1 aromatic rings. The van der Waals surface area contributed by atoms with E-state index >= 15 is 0 Å². The normalized spacial score (nSPS) is 10.9. The summed E-state index contributed by atoms with van der Waals surface area (Å²) >= 11 is 1.70. The molecule has 0 amide bonds. The molecule has 0 aromatic carbocycles. The van der Waals surface area contributed by atoms with Crippen LogP contribution < -0.4 is 4.90 Å². The van der Waals surface area contributed by atoms with Crippen molar-refractivity contribution in [2.75, 3.05) is 38.7 Å². The van der Waals surface area contributed by atoms with Crippen molar-refractivity contribution in [3.63, 3.8) is 0 Å². The van der Waals surface area contributed by atoms with Crippen molar-refractivity contribution in [2.45, 2.75) is 13.5 Å². The zero-order valence-electron chi connectivity index (χ0n) is 10.8. The highest BCUT2D eigenvalue weighted by atomic mass is 32.1. The summed E-state index contributed by atoms with van der Waals surface area (Å²) in [4.78, 5) is 9.95. The number of hydrogen-bond donors (Lipinski definition) is 1. The number of nitrogens with zero attached hydrogens (tertiary/aromatic N) is 3. The van der Waals surface area contributed by atoms with Crippen molar-refractivity contribution in [3.8, 4) is 0 Å². The molecule has 4 nitrogen and oxygen atoms in total. The summed E-state index contributed by atoms with van der Waals surface area (Å²) in [5.41, 5.74) is 1.07. The Morgan fingerprint density at radius 1 is 1.47 bits per heavy atom. The van der Waals surface area contributed by atoms with Crippen LogP contribution in [-0.2, 0) is 6.54 Å². The van der Waals surface area contributed by atoms with Crippen LogP contribution in [0.15, 0.2) is 12.7 Å². The molecule has 96 valence electrons. The summed E-state index contributed by atoms with van der Waals surface area (Å²) in [6.45, 7) is 8.22. The number of thiazole rings is 1. The first-order chi connectivity index (χ1) is 8.08. The molecule has 1 heterocycles. The molecule has 0 aliphatic carbocycles. The molecule has 0 atom stereocenters. The average Bonchev–Trinajstić information content (AvgIpc) is 2.61. The molecule has 0 saturated carbocycles. The van der Waals surface area contributed by atoms with Crippen LogP contribution in [0.25, 0.3) is 0 Å². The number of anilines is 1. The summed E-state index contributed by atoms with van der Waals surface area (Å²) in [7, 11) is 3.99. The second-order valence-corrected chi connectivity index (χ2v) is 5.21. The molecule has 0 radical (unpaired) electrons. The predicted octanol–water partition coefficient (Wildman–Crippen LogP) is 1.50. The van der Waals surface area contributed by atoms with Crippen molar-refractivity contribution in [1.82, 2.24) is 9.88 Å². The largest absolute Gasteiger partial charge is 0.395 e. The first-order valence-corrected chi connectivity index (χ1v) is 6.47. The smallest absolute Gasteiger partial charge is 0.185 e. The predicted molar refractivity (Wildman–Crippen MR) is 73.7 cm³/mol. The molecule has 17 heavy (non-hydrogen) atoms. The third kappa shape index (κ3) is 4.11. The topological polar surface area (TPSA) is 39.6 Å². The van der Waals surface area contributed by atoms with Gasteiger partial charge in [0.15, 0.2) is 5.13 Å². The van der Waals surface area contributed by atoms with Crippen LogP contribution >= 0.6 is 11.3 Å². The Hall–Kier alpha value is -0.910. The molecule has 5 heteroatoms. The summed E-state index contributed by atoms with van der Waals surface area (Å²) in [6, 6.07) is 0. The minimum absolute atomic E-state index is 0.173. The fraction of sp³-hybridized carbons (Fsp3) is 0.583. The molecule has 0 saturated heterocycles. The second kappa shape index (κ2) is 6.74. The van der Waals surface area contributed by atoms with Crippen LogP contribution in [-0.4, -0.2) is 48.8 Å². The summed E-state index contributed by atoms with van der Waals surface area (Å²) in [5, 5.41) is 10.0. The lowest BCUT2D eigenvalue weighted by atomic mass is 10.3. The van der Waals surface area contributed by atoms with Crippen LogP contribution in [0.3, 0.4) is 0 Å². The molecule has 0 fully saturated rings. The Morgan fingerprint density at radius 2 is 2.18 bits per heavy atom. The van der Waals surface area contributed by atoms with Gasteiger partial charge in [0.1, 0.15) is 0 Å². The Balaban J connectivity index is 2.74. The van der Waals surface area contributed by atoms with Gasteiger partial charge in [-0.3, -0.25) is 4.90 Å². The molecule has 1 rings (SSSR count). The summed E-state index contributed by atoms with van der Waals surface area (Å²) < 4.78 is 0. The lowest BCUT2D eigenvalue weighted by molar-refractivity contribution is 0.204. The van der Waals surface area contributed by atoms with Crippen molar-refractivity contribution < 1.29 is 5.11 Å². The highest BCUT2D eigenvalue weighted by Crippen LogP contribution is 2.25. The van der Waals surface area contributed by atoms with E-state index in [4.69, 9.17) is 5.11 Å². The van der Waals surface area contributed by atoms with Crippen molar-refractivity contribution in [2.24, 2.45) is 0 Å². The Labute approximate surface area is 107 Å². The van der Waals surface area contributed by atoms with Crippen LogP contribution in [0.4, 0.5) is 5.13 Å². The number of aliphatic hydroxyl groups is 1. The van der Waals surface area contributed by atoms with E-state index in [0.29, 0.717) is 6.54 Å². The first kappa shape index (κ1) is 14.2. The van der Waals surface area contributed by atoms with Crippen molar-refractivity contribution >= 4 is 16.5 Å². The quantitative estimate of drug-likeness (QED) is 0.750. The van der Waals surface area contributed by atoms with E-state index in [1.165, 1.54) is 4.88 Å². The zero-order chi connectivity index (χ0) is 12.8. The van der Waals surface area contributed by atoms with Gasteiger partial charge in [0.05, 0.1) is 12.3 Å². The second-order valence-electron chi connectivity index (χ2n) is 4.15. The van der Waals surface area contributed by atoms with E-state index in [0.717, 1.165) is 23.9 Å². The molecule has 1 N–H and O–H groups in total. The number of rotatable bonds is 7. The highest BCUT2D eigenvalue weighted by molar-refractivity contribution is 7.15. The monoisotopic (exact) mass is 255 g/mol. The number of aryl methyl sites for hydroxylation is 1. The number of aliphatic hydroxyl groups excluding tert-OH is 1. The van der Waals surface area contributed by atoms with Gasteiger partial charge in [-0.1, -0.05) is 6.08 Å². The maximum atomic E-state index is 9.01. The van der Waals surface area contributed by atoms with Gasteiger partial charge in [0, 0.05) is 38.6 Å². The minimum atomic E-state index is 0.173. The molecule has 0 aliphatic heterocycles. The molecular weight excluding hydrogens is 234 g/mol. The molecule has 0 aliphatic rings. The third-order valence-corrected chi connectivity index (χ3v) is 3.74. The van der Waals surface area contributed by atoms with Crippen molar-refractivity contribution in [1.29, 1.82) is 0 Å². The van der Waals surface area contributed by atoms with Gasteiger partial charge in [-0.25, -0.2) is 4.98 Å². The van der Waals surface area contributed by atoms with Gasteiger partial charge < -0.3 is 10.0 Å². The molecular formula is C12H21N3OS. The van der Waals surface area contributed by atoms with Crippen LogP contribution in [0.5, 0.6) is 0 Å². The van der Waals surface area contributed by atoms with Crippen LogP contribution in [0.1, 0.15) is 10.6 Å². The van der Waals surface area contributed by atoms with E-state index < -0.39 is 0 Å². The summed E-state index contributed by atoms with van der Waals surface area (Å²) in [6.07, 6.45) is 1.86. The Kier molecular flexibility index (Phi) is 5.61. The van der Waals surface area contributed by atoms with Gasteiger partial charge in [-0.2, -0.15) is 0 Å². The lowest BCUT2D eigenvalue weighted by Gasteiger charge is -2.18. The van der Waals surface area contributed by atoms with E-state index in [9.17, 15) is 0 Å². The van der Waals surface area contributed by atoms with Crippen LogP contribution in [0.2, 0.25) is 0 Å². The minimum Gasteiger partial charge on any atom is -0.395 e. The average molecular weight is 255 g/mol. The van der Waals surface area contributed by atoms with Gasteiger partial charge in [0.25, 0.3) is 0 Å². The van der Waals surface area contributed by atoms with Gasteiger partial charge in [-0.15, -0.1) is 17.9 Å². The Morgan fingerprint density at radius 3 is 2.65 bits per heavy atom. The number of hydrogen-bond acceptors (Lipinski definition) is 5. The Bertz CT molecular complexity index is 363. The van der Waals surface area contributed by atoms with Gasteiger partial charge >= 0.3 is 0 Å². The third-order valence-electron chi connectivity index (χ3n) is 2.43. The standard InChI is InChI=1S/C12H21N3OS/c1-5-6-15(7-8-16)9-11-10(2)13-12(17-11)14(3)4/h5,16H,1,6-9H2,2-4H3. The number of aromatic nitrogens is 1. The molecule has 0 unspecified atom stereocenters. The summed E-state index contributed by atoms with van der Waals surface area (Å²) in [5.74, 6) is 0. The SMILES string of the molecule is C=CCN(CCO)Cc1sc(N(C)C)nc1C. The lowest BCUT2D eigenvalue weighted by Crippen LogP contribution is -2.26. The molecule has 0 bridgehead atoms. The maximum Gasteiger partial charge on any atom is 0.185 e. The van der Waals surface area contributed by atoms with E-state index in [-0.39, 0.29) is 6.61 Å². The van der Waals surface area contributed by atoms with Gasteiger partial charge in [0.2, 0.25) is 0 Å². The fourth-order valence-corrected chi connectivity index (χ4v) is 2.54. The van der Waals surface area contributed by atoms with Crippen molar-refractivity contribution in [3.05, 3.63) is 23.2 Å². The van der Waals surface area contributed by atoms with Crippen LogP contribution in [0, 0.1) is 6.92 Å². The van der Waals surface area contributed by atoms with E-state index in [1.807, 2.05) is 32.0 Å². The first-order valence-electron chi connectivity index (χ1n) is 5.66.